The van der Waals surface area contributed by atoms with Crippen molar-refractivity contribution >= 4 is 51.5 Å². The van der Waals surface area contributed by atoms with E-state index in [0.717, 1.165) is 10.5 Å². The largest absolute Gasteiger partial charge is 0.493 e. The van der Waals surface area contributed by atoms with Crippen molar-refractivity contribution in [1.29, 1.82) is 0 Å². The zero-order valence-corrected chi connectivity index (χ0v) is 20.4. The summed E-state index contributed by atoms with van der Waals surface area (Å²) >= 11 is 3.45. The number of rotatable bonds is 7. The van der Waals surface area contributed by atoms with Crippen molar-refractivity contribution in [2.75, 3.05) is 12.0 Å². The van der Waals surface area contributed by atoms with Gasteiger partial charge in [-0.3, -0.25) is 14.9 Å². The van der Waals surface area contributed by atoms with E-state index in [0.29, 0.717) is 28.1 Å². The number of aromatic carboxylic acids is 1. The molecule has 0 unspecified atom stereocenters. The molecular weight excluding hydrogens is 532 g/mol. The number of barbiturate groups is 1. The second-order valence-corrected chi connectivity index (χ2v) is 8.47. The molecule has 0 radical (unpaired) electrons. The first-order valence-electron chi connectivity index (χ1n) is 10.6. The average Bonchev–Trinajstić information content (AvgIpc) is 2.86. The molecule has 4 rings (SSSR count). The van der Waals surface area contributed by atoms with Gasteiger partial charge >= 0.3 is 12.0 Å². The minimum absolute atomic E-state index is 0.0121. The fraction of sp³-hybridized carbons (Fsp3) is 0.0769. The van der Waals surface area contributed by atoms with Crippen molar-refractivity contribution in [3.63, 3.8) is 0 Å². The highest BCUT2D eigenvalue weighted by molar-refractivity contribution is 9.10. The molecule has 1 saturated heterocycles. The number of amides is 4. The number of hydrogen-bond acceptors (Lipinski definition) is 6. The predicted molar refractivity (Wildman–Crippen MR) is 134 cm³/mol. The van der Waals surface area contributed by atoms with Crippen LogP contribution in [0.2, 0.25) is 0 Å². The first-order valence-corrected chi connectivity index (χ1v) is 11.4. The molecule has 3 aromatic carbocycles. The van der Waals surface area contributed by atoms with E-state index in [1.54, 1.807) is 12.1 Å². The maximum absolute atomic E-state index is 13.1. The first-order chi connectivity index (χ1) is 17.3. The van der Waals surface area contributed by atoms with Crippen LogP contribution in [0.5, 0.6) is 11.5 Å². The van der Waals surface area contributed by atoms with Gasteiger partial charge in [0.05, 0.1) is 22.8 Å². The number of urea groups is 1. The van der Waals surface area contributed by atoms with E-state index in [1.165, 1.54) is 37.5 Å². The molecule has 4 amide bonds. The van der Waals surface area contributed by atoms with Crippen molar-refractivity contribution in [1.82, 2.24) is 5.32 Å². The predicted octanol–water partition coefficient (Wildman–Crippen LogP) is 4.40. The molecule has 0 aromatic heterocycles. The number of benzene rings is 3. The quantitative estimate of drug-likeness (QED) is 0.330. The van der Waals surface area contributed by atoms with Crippen LogP contribution in [0.15, 0.2) is 76.8 Å². The summed E-state index contributed by atoms with van der Waals surface area (Å²) in [6.45, 7) is 0.300. The summed E-state index contributed by atoms with van der Waals surface area (Å²) in [5.41, 5.74) is 1.22. The number of nitrogens with one attached hydrogen (secondary N) is 1. The highest BCUT2D eigenvalue weighted by Crippen LogP contribution is 2.38. The van der Waals surface area contributed by atoms with E-state index in [-0.39, 0.29) is 16.8 Å². The summed E-state index contributed by atoms with van der Waals surface area (Å²) in [7, 11) is 1.47. The number of hydrogen-bond donors (Lipinski definition) is 2. The lowest BCUT2D eigenvalue weighted by Crippen LogP contribution is -2.54. The summed E-state index contributed by atoms with van der Waals surface area (Å²) < 4.78 is 11.9. The van der Waals surface area contributed by atoms with Gasteiger partial charge in [0.1, 0.15) is 12.2 Å². The van der Waals surface area contributed by atoms with Crippen LogP contribution < -0.4 is 19.7 Å². The van der Waals surface area contributed by atoms with E-state index in [2.05, 4.69) is 21.2 Å². The number of imide groups is 2. The van der Waals surface area contributed by atoms with E-state index in [1.807, 2.05) is 30.3 Å². The van der Waals surface area contributed by atoms with Crippen LogP contribution in [0.25, 0.3) is 6.08 Å². The molecule has 1 aliphatic rings. The maximum atomic E-state index is 13.1. The van der Waals surface area contributed by atoms with Gasteiger partial charge in [-0.1, -0.05) is 30.3 Å². The molecule has 1 fully saturated rings. The van der Waals surface area contributed by atoms with Crippen molar-refractivity contribution in [3.05, 3.63) is 93.5 Å². The van der Waals surface area contributed by atoms with Gasteiger partial charge in [0.25, 0.3) is 11.8 Å². The molecule has 36 heavy (non-hydrogen) atoms. The number of carboxylic acid groups (broad SMARTS) is 1. The SMILES string of the molecule is COc1cc(/C=C2\C(=O)NC(=O)N(c3ccc(C(=O)O)cc3)C2=O)cc(Br)c1OCc1ccccc1. The van der Waals surface area contributed by atoms with Crippen molar-refractivity contribution in [3.8, 4) is 11.5 Å². The molecular formula is C26H19BrN2O7. The zero-order chi connectivity index (χ0) is 25.8. The van der Waals surface area contributed by atoms with E-state index in [9.17, 15) is 19.2 Å². The number of nitrogens with zero attached hydrogens (tertiary/aromatic N) is 1. The van der Waals surface area contributed by atoms with E-state index >= 15 is 0 Å². The van der Waals surface area contributed by atoms with Gasteiger partial charge in [0, 0.05) is 0 Å². The fourth-order valence-corrected chi connectivity index (χ4v) is 4.08. The second-order valence-electron chi connectivity index (χ2n) is 7.62. The second kappa shape index (κ2) is 10.4. The molecule has 1 heterocycles. The molecule has 9 nitrogen and oxygen atoms in total. The first kappa shape index (κ1) is 24.7. The topological polar surface area (TPSA) is 122 Å². The summed E-state index contributed by atoms with van der Waals surface area (Å²) in [4.78, 5) is 49.9. The van der Waals surface area contributed by atoms with Gasteiger partial charge in [-0.2, -0.15) is 0 Å². The smallest absolute Gasteiger partial charge is 0.335 e. The van der Waals surface area contributed by atoms with Crippen LogP contribution in [0.3, 0.4) is 0 Å². The Morgan fingerprint density at radius 2 is 1.75 bits per heavy atom. The Morgan fingerprint density at radius 3 is 2.39 bits per heavy atom. The van der Waals surface area contributed by atoms with E-state index in [4.69, 9.17) is 14.6 Å². The number of halogens is 1. The third-order valence-electron chi connectivity index (χ3n) is 5.26. The van der Waals surface area contributed by atoms with Crippen molar-refractivity contribution in [2.24, 2.45) is 0 Å². The lowest BCUT2D eigenvalue weighted by atomic mass is 10.1. The monoisotopic (exact) mass is 550 g/mol. The lowest BCUT2D eigenvalue weighted by Gasteiger charge is -2.26. The number of methoxy groups -OCH3 is 1. The van der Waals surface area contributed by atoms with Gasteiger partial charge in [0.15, 0.2) is 11.5 Å². The number of carbonyl (C=O) groups is 4. The van der Waals surface area contributed by atoms with Crippen LogP contribution in [-0.2, 0) is 16.2 Å². The van der Waals surface area contributed by atoms with Gasteiger partial charge in [-0.25, -0.2) is 14.5 Å². The Bertz CT molecular complexity index is 1390. The van der Waals surface area contributed by atoms with Gasteiger partial charge in [-0.15, -0.1) is 0 Å². The molecule has 182 valence electrons. The number of carbonyl (C=O) groups excluding carboxylic acids is 3. The standard InChI is InChI=1S/C26H19BrN2O7/c1-35-21-13-16(12-20(27)22(21)36-14-15-5-3-2-4-6-15)11-19-23(30)28-26(34)29(24(19)31)18-9-7-17(8-10-18)25(32)33/h2-13H,14H2,1H3,(H,32,33)(H,28,30,34)/b19-11+. The molecule has 1 aliphatic heterocycles. The number of anilines is 1. The highest BCUT2D eigenvalue weighted by atomic mass is 79.9. The molecule has 0 spiro atoms. The van der Waals surface area contributed by atoms with Crippen molar-refractivity contribution in [2.45, 2.75) is 6.61 Å². The van der Waals surface area contributed by atoms with Crippen LogP contribution in [0.4, 0.5) is 10.5 Å². The molecule has 0 atom stereocenters. The summed E-state index contributed by atoms with van der Waals surface area (Å²) in [5.74, 6) is -2.05. The average molecular weight is 551 g/mol. The Morgan fingerprint density at radius 1 is 1.06 bits per heavy atom. The van der Waals surface area contributed by atoms with Gasteiger partial charge in [0.2, 0.25) is 0 Å². The van der Waals surface area contributed by atoms with Gasteiger partial charge in [-0.05, 0) is 69.5 Å². The third kappa shape index (κ3) is 5.13. The van der Waals surface area contributed by atoms with Crippen molar-refractivity contribution < 1.29 is 33.8 Å². The molecule has 0 bridgehead atoms. The Hall–Kier alpha value is -4.44. The summed E-state index contributed by atoms with van der Waals surface area (Å²) in [5, 5.41) is 11.2. The maximum Gasteiger partial charge on any atom is 0.335 e. The normalized spacial score (nSPS) is 14.6. The van der Waals surface area contributed by atoms with Crippen LogP contribution in [0.1, 0.15) is 21.5 Å². The summed E-state index contributed by atoms with van der Waals surface area (Å²) in [6, 6.07) is 17.0. The Balaban J connectivity index is 1.63. The fourth-order valence-electron chi connectivity index (χ4n) is 3.50. The molecule has 0 saturated carbocycles. The van der Waals surface area contributed by atoms with Gasteiger partial charge < -0.3 is 14.6 Å². The van der Waals surface area contributed by atoms with E-state index < -0.39 is 23.8 Å². The minimum atomic E-state index is -1.15. The van der Waals surface area contributed by atoms with Crippen LogP contribution >= 0.6 is 15.9 Å². The number of ether oxygens (including phenoxy) is 2. The molecule has 0 aliphatic carbocycles. The highest BCUT2D eigenvalue weighted by Gasteiger charge is 2.37. The van der Waals surface area contributed by atoms with Crippen LogP contribution in [-0.4, -0.2) is 36.0 Å². The lowest BCUT2D eigenvalue weighted by molar-refractivity contribution is -0.122. The molecule has 2 N–H and O–H groups in total. The zero-order valence-electron chi connectivity index (χ0n) is 18.9. The minimum Gasteiger partial charge on any atom is -0.493 e. The third-order valence-corrected chi connectivity index (χ3v) is 5.85. The Labute approximate surface area is 214 Å². The number of carboxylic acids is 1. The van der Waals surface area contributed by atoms with Crippen LogP contribution in [0, 0.1) is 0 Å². The summed E-state index contributed by atoms with van der Waals surface area (Å²) in [6.07, 6.45) is 1.33. The Kier molecular flexibility index (Phi) is 7.16. The molecule has 3 aromatic rings. The molecule has 10 heteroatoms.